The topological polar surface area (TPSA) is 64.6 Å². The molecular weight excluding hydrogens is 426 g/mol. The van der Waals surface area contributed by atoms with Crippen molar-refractivity contribution in [3.05, 3.63) is 35.9 Å². The smallest absolute Gasteiger partial charge is 0.408 e. The number of carbonyl (C=O) groups is 2. The van der Waals surface area contributed by atoms with Gasteiger partial charge in [0, 0.05) is 6.42 Å². The molecule has 0 radical (unpaired) electrons. The Morgan fingerprint density at radius 1 is 0.794 bits per heavy atom. The van der Waals surface area contributed by atoms with Crippen LogP contribution in [0.5, 0.6) is 0 Å². The molecule has 5 heteroatoms. The zero-order chi connectivity index (χ0) is 25.1. The number of ether oxygens (including phenoxy) is 2. The molecule has 1 atom stereocenters. The Morgan fingerprint density at radius 2 is 1.29 bits per heavy atom. The molecule has 1 N–H and O–H groups in total. The molecule has 0 bridgehead atoms. The maximum absolute atomic E-state index is 12.7. The number of nitrogens with one attached hydrogen (secondary N) is 1. The van der Waals surface area contributed by atoms with Crippen LogP contribution in [0, 0.1) is 0 Å². The largest absolute Gasteiger partial charge is 0.464 e. The van der Waals surface area contributed by atoms with E-state index in [0.29, 0.717) is 13.0 Å². The average Bonchev–Trinajstić information content (AvgIpc) is 2.78. The lowest BCUT2D eigenvalue weighted by Crippen LogP contribution is -2.45. The number of benzene rings is 1. The maximum Gasteiger partial charge on any atom is 0.408 e. The standard InChI is InChI=1S/C29H49NO4/c1-5-6-7-8-9-10-11-12-13-14-15-16-20-23-33-27(31)26(24-25-21-18-17-19-22-25)30-28(32)34-29(2,3)4/h17-19,21-22,26H,5-16,20,23-24H2,1-4H3,(H,30,32). The van der Waals surface area contributed by atoms with E-state index in [0.717, 1.165) is 18.4 Å². The monoisotopic (exact) mass is 475 g/mol. The Labute approximate surface area is 208 Å². The number of hydrogen-bond donors (Lipinski definition) is 1. The number of carbonyl (C=O) groups excluding carboxylic acids is 2. The Balaban J connectivity index is 2.22. The number of unbranched alkanes of at least 4 members (excludes halogenated alkanes) is 12. The van der Waals surface area contributed by atoms with Crippen molar-refractivity contribution in [1.82, 2.24) is 5.32 Å². The summed E-state index contributed by atoms with van der Waals surface area (Å²) in [5.41, 5.74) is 0.335. The van der Waals surface area contributed by atoms with Crippen molar-refractivity contribution in [2.24, 2.45) is 0 Å². The molecule has 0 saturated heterocycles. The highest BCUT2D eigenvalue weighted by Gasteiger charge is 2.25. The van der Waals surface area contributed by atoms with Crippen LogP contribution in [-0.2, 0) is 20.7 Å². The predicted molar refractivity (Wildman–Crippen MR) is 140 cm³/mol. The minimum atomic E-state index is -0.765. The molecule has 5 nitrogen and oxygen atoms in total. The third kappa shape index (κ3) is 16.6. The number of amides is 1. The molecule has 34 heavy (non-hydrogen) atoms. The molecule has 1 amide bonds. The molecule has 0 fully saturated rings. The first-order valence-corrected chi connectivity index (χ1v) is 13.5. The zero-order valence-electron chi connectivity index (χ0n) is 22.2. The van der Waals surface area contributed by atoms with Crippen LogP contribution in [0.15, 0.2) is 30.3 Å². The van der Waals surface area contributed by atoms with E-state index in [1.54, 1.807) is 20.8 Å². The van der Waals surface area contributed by atoms with Gasteiger partial charge in [0.2, 0.25) is 0 Å². The fraction of sp³-hybridized carbons (Fsp3) is 0.724. The molecule has 0 aliphatic heterocycles. The molecule has 0 saturated carbocycles. The lowest BCUT2D eigenvalue weighted by Gasteiger charge is -2.23. The minimum Gasteiger partial charge on any atom is -0.464 e. The van der Waals surface area contributed by atoms with Crippen molar-refractivity contribution in [3.63, 3.8) is 0 Å². The van der Waals surface area contributed by atoms with Gasteiger partial charge in [-0.2, -0.15) is 0 Å². The second-order valence-corrected chi connectivity index (χ2v) is 10.3. The summed E-state index contributed by atoms with van der Waals surface area (Å²) < 4.78 is 10.8. The van der Waals surface area contributed by atoms with E-state index in [1.807, 2.05) is 30.3 Å². The zero-order valence-corrected chi connectivity index (χ0v) is 22.2. The van der Waals surface area contributed by atoms with Crippen molar-refractivity contribution in [2.75, 3.05) is 6.61 Å². The Kier molecular flexibility index (Phi) is 16.1. The summed E-state index contributed by atoms with van der Waals surface area (Å²) in [6.45, 7) is 8.04. The molecule has 1 aromatic rings. The van der Waals surface area contributed by atoms with Gasteiger partial charge in [-0.3, -0.25) is 0 Å². The second-order valence-electron chi connectivity index (χ2n) is 10.3. The Hall–Kier alpha value is -2.04. The first-order valence-electron chi connectivity index (χ1n) is 13.5. The molecule has 194 valence electrons. The van der Waals surface area contributed by atoms with Crippen molar-refractivity contribution in [2.45, 2.75) is 129 Å². The van der Waals surface area contributed by atoms with Crippen molar-refractivity contribution >= 4 is 12.1 Å². The molecule has 0 spiro atoms. The van der Waals surface area contributed by atoms with Crippen LogP contribution in [0.2, 0.25) is 0 Å². The molecular formula is C29H49NO4. The first kappa shape index (κ1) is 30.0. The van der Waals surface area contributed by atoms with Gasteiger partial charge in [-0.25, -0.2) is 9.59 Å². The van der Waals surface area contributed by atoms with Gasteiger partial charge in [-0.05, 0) is 32.8 Å². The average molecular weight is 476 g/mol. The lowest BCUT2D eigenvalue weighted by atomic mass is 10.0. The lowest BCUT2D eigenvalue weighted by molar-refractivity contribution is -0.146. The molecule has 0 aliphatic carbocycles. The summed E-state index contributed by atoms with van der Waals surface area (Å²) in [4.78, 5) is 24.9. The highest BCUT2D eigenvalue weighted by Crippen LogP contribution is 2.13. The van der Waals surface area contributed by atoms with E-state index < -0.39 is 23.7 Å². The summed E-state index contributed by atoms with van der Waals surface area (Å²) in [6.07, 6.45) is 16.4. The number of esters is 1. The van der Waals surface area contributed by atoms with Gasteiger partial charge in [0.15, 0.2) is 0 Å². The van der Waals surface area contributed by atoms with Crippen LogP contribution in [0.4, 0.5) is 4.79 Å². The molecule has 1 aromatic carbocycles. The summed E-state index contributed by atoms with van der Waals surface area (Å²) >= 11 is 0. The summed E-state index contributed by atoms with van der Waals surface area (Å²) in [7, 11) is 0. The second kappa shape index (κ2) is 18.3. The van der Waals surface area contributed by atoms with Gasteiger partial charge in [-0.15, -0.1) is 0 Å². The Bertz CT molecular complexity index is 654. The minimum absolute atomic E-state index is 0.373. The van der Waals surface area contributed by atoms with Gasteiger partial charge < -0.3 is 14.8 Å². The van der Waals surface area contributed by atoms with Gasteiger partial charge in [0.05, 0.1) is 6.61 Å². The van der Waals surface area contributed by atoms with Gasteiger partial charge in [0.1, 0.15) is 11.6 Å². The van der Waals surface area contributed by atoms with E-state index in [1.165, 1.54) is 70.6 Å². The number of rotatable bonds is 18. The van der Waals surface area contributed by atoms with Crippen LogP contribution < -0.4 is 5.32 Å². The molecule has 1 rings (SSSR count). The summed E-state index contributed by atoms with van der Waals surface area (Å²) in [5, 5.41) is 2.69. The summed E-state index contributed by atoms with van der Waals surface area (Å²) in [6, 6.07) is 8.86. The van der Waals surface area contributed by atoms with Gasteiger partial charge in [-0.1, -0.05) is 114 Å². The van der Waals surface area contributed by atoms with Crippen LogP contribution in [0.3, 0.4) is 0 Å². The van der Waals surface area contributed by atoms with Crippen LogP contribution in [-0.4, -0.2) is 30.3 Å². The first-order chi connectivity index (χ1) is 16.3. The van der Waals surface area contributed by atoms with E-state index in [9.17, 15) is 9.59 Å². The van der Waals surface area contributed by atoms with Gasteiger partial charge >= 0.3 is 12.1 Å². The van der Waals surface area contributed by atoms with Crippen LogP contribution in [0.25, 0.3) is 0 Å². The fourth-order valence-corrected chi connectivity index (χ4v) is 3.89. The van der Waals surface area contributed by atoms with E-state index >= 15 is 0 Å². The quantitative estimate of drug-likeness (QED) is 0.174. The summed E-state index contributed by atoms with van der Waals surface area (Å²) in [5.74, 6) is -0.409. The van der Waals surface area contributed by atoms with Crippen molar-refractivity contribution < 1.29 is 19.1 Å². The third-order valence-corrected chi connectivity index (χ3v) is 5.75. The van der Waals surface area contributed by atoms with E-state index in [4.69, 9.17) is 9.47 Å². The fourth-order valence-electron chi connectivity index (χ4n) is 3.89. The predicted octanol–water partition coefficient (Wildman–Crippen LogP) is 7.76. The number of hydrogen-bond acceptors (Lipinski definition) is 4. The van der Waals surface area contributed by atoms with E-state index in [2.05, 4.69) is 12.2 Å². The number of alkyl carbamates (subject to hydrolysis) is 1. The molecule has 0 heterocycles. The highest BCUT2D eigenvalue weighted by atomic mass is 16.6. The molecule has 0 aliphatic rings. The van der Waals surface area contributed by atoms with E-state index in [-0.39, 0.29) is 0 Å². The molecule has 1 unspecified atom stereocenters. The SMILES string of the molecule is CCCCCCCCCCCCCCCOC(=O)C(Cc1ccccc1)NC(=O)OC(C)(C)C. The third-order valence-electron chi connectivity index (χ3n) is 5.75. The van der Waals surface area contributed by atoms with Crippen molar-refractivity contribution in [3.8, 4) is 0 Å². The van der Waals surface area contributed by atoms with Crippen LogP contribution in [0.1, 0.15) is 117 Å². The normalized spacial score (nSPS) is 12.2. The van der Waals surface area contributed by atoms with Crippen molar-refractivity contribution in [1.29, 1.82) is 0 Å². The van der Waals surface area contributed by atoms with Crippen LogP contribution >= 0.6 is 0 Å². The van der Waals surface area contributed by atoms with Gasteiger partial charge in [0.25, 0.3) is 0 Å². The highest BCUT2D eigenvalue weighted by molar-refractivity contribution is 5.81. The Morgan fingerprint density at radius 3 is 1.79 bits per heavy atom. The maximum atomic E-state index is 12.7. The molecule has 0 aromatic heterocycles.